The van der Waals surface area contributed by atoms with Crippen LogP contribution in [-0.4, -0.2) is 6.04 Å². The average Bonchev–Trinajstić information content (AvgIpc) is 2.99. The van der Waals surface area contributed by atoms with Gasteiger partial charge in [0.1, 0.15) is 0 Å². The Bertz CT molecular complexity index is 538. The number of nitrogens with one attached hydrogen (secondary N) is 1. The van der Waals surface area contributed by atoms with Crippen molar-refractivity contribution in [3.8, 4) is 0 Å². The summed E-state index contributed by atoms with van der Waals surface area (Å²) in [5.41, 5.74) is 4.47. The first-order valence-corrected chi connectivity index (χ1v) is 7.31. The van der Waals surface area contributed by atoms with E-state index in [-0.39, 0.29) is 0 Å². The first-order chi connectivity index (χ1) is 9.38. The predicted molar refractivity (Wildman–Crippen MR) is 80.7 cm³/mol. The first-order valence-electron chi connectivity index (χ1n) is 7.31. The number of benzene rings is 2. The zero-order valence-electron chi connectivity index (χ0n) is 11.3. The Kier molecular flexibility index (Phi) is 3.81. The van der Waals surface area contributed by atoms with Crippen LogP contribution in [0.3, 0.4) is 0 Å². The molecule has 0 saturated heterocycles. The van der Waals surface area contributed by atoms with Gasteiger partial charge in [0.2, 0.25) is 0 Å². The maximum atomic E-state index is 5.79. The van der Waals surface area contributed by atoms with Gasteiger partial charge in [-0.3, -0.25) is 11.3 Å². The monoisotopic (exact) mass is 254 g/mol. The molecule has 2 nitrogen and oxygen atoms in total. The standard InChI is InChI=1S/C17H22N2/c18-19-17(14-7-1-2-8-14)12-15-10-5-9-13-6-3-4-11-16(13)15/h3-6,9-11,14,17,19H,1-2,7-8,12,18H2. The van der Waals surface area contributed by atoms with Crippen molar-refractivity contribution in [3.05, 3.63) is 48.0 Å². The Hall–Kier alpha value is -1.38. The molecule has 1 aliphatic carbocycles. The number of hydrogen-bond donors (Lipinski definition) is 2. The second-order valence-corrected chi connectivity index (χ2v) is 5.66. The first kappa shape index (κ1) is 12.6. The molecule has 0 aliphatic heterocycles. The van der Waals surface area contributed by atoms with Gasteiger partial charge in [0.25, 0.3) is 0 Å². The number of rotatable bonds is 4. The fourth-order valence-corrected chi connectivity index (χ4v) is 3.43. The lowest BCUT2D eigenvalue weighted by Gasteiger charge is -2.23. The molecule has 3 rings (SSSR count). The van der Waals surface area contributed by atoms with Crippen LogP contribution in [0.2, 0.25) is 0 Å². The van der Waals surface area contributed by atoms with Gasteiger partial charge in [-0.05, 0) is 41.5 Å². The van der Waals surface area contributed by atoms with E-state index in [1.165, 1.54) is 42.0 Å². The molecule has 0 heterocycles. The minimum atomic E-state index is 0.410. The lowest BCUT2D eigenvalue weighted by molar-refractivity contribution is 0.362. The molecular weight excluding hydrogens is 232 g/mol. The number of hydrazine groups is 1. The Balaban J connectivity index is 1.87. The Morgan fingerprint density at radius 2 is 1.79 bits per heavy atom. The molecule has 2 aromatic carbocycles. The van der Waals surface area contributed by atoms with Gasteiger partial charge in [0.15, 0.2) is 0 Å². The Labute approximate surface area is 115 Å². The van der Waals surface area contributed by atoms with Crippen molar-refractivity contribution in [2.45, 2.75) is 38.1 Å². The van der Waals surface area contributed by atoms with E-state index in [2.05, 4.69) is 47.9 Å². The van der Waals surface area contributed by atoms with Gasteiger partial charge in [-0.25, -0.2) is 0 Å². The topological polar surface area (TPSA) is 38.0 Å². The lowest BCUT2D eigenvalue weighted by Crippen LogP contribution is -2.41. The van der Waals surface area contributed by atoms with Gasteiger partial charge >= 0.3 is 0 Å². The molecule has 0 bridgehead atoms. The van der Waals surface area contributed by atoms with E-state index in [9.17, 15) is 0 Å². The lowest BCUT2D eigenvalue weighted by atomic mass is 9.90. The van der Waals surface area contributed by atoms with Crippen LogP contribution in [-0.2, 0) is 6.42 Å². The molecule has 1 atom stereocenters. The summed E-state index contributed by atoms with van der Waals surface area (Å²) in [5.74, 6) is 6.53. The van der Waals surface area contributed by atoms with Crippen molar-refractivity contribution in [2.24, 2.45) is 11.8 Å². The molecule has 1 aliphatic rings. The van der Waals surface area contributed by atoms with E-state index in [0.29, 0.717) is 6.04 Å². The largest absolute Gasteiger partial charge is 0.271 e. The minimum absolute atomic E-state index is 0.410. The normalized spacial score (nSPS) is 17.9. The van der Waals surface area contributed by atoms with Crippen molar-refractivity contribution in [1.82, 2.24) is 5.43 Å². The zero-order valence-corrected chi connectivity index (χ0v) is 11.3. The second kappa shape index (κ2) is 5.72. The van der Waals surface area contributed by atoms with Crippen LogP contribution >= 0.6 is 0 Å². The second-order valence-electron chi connectivity index (χ2n) is 5.66. The molecule has 0 spiro atoms. The Morgan fingerprint density at radius 1 is 1.05 bits per heavy atom. The van der Waals surface area contributed by atoms with Crippen LogP contribution < -0.4 is 11.3 Å². The molecule has 3 N–H and O–H groups in total. The number of fused-ring (bicyclic) bond motifs is 1. The summed E-state index contributed by atoms with van der Waals surface area (Å²) < 4.78 is 0. The van der Waals surface area contributed by atoms with Gasteiger partial charge in [-0.2, -0.15) is 0 Å². The summed E-state index contributed by atoms with van der Waals surface area (Å²) in [6, 6.07) is 15.6. The van der Waals surface area contributed by atoms with E-state index in [1.807, 2.05) is 0 Å². The third kappa shape index (κ3) is 2.65. The molecular formula is C17H22N2. The average molecular weight is 254 g/mol. The summed E-state index contributed by atoms with van der Waals surface area (Å²) in [7, 11) is 0. The van der Waals surface area contributed by atoms with E-state index in [0.717, 1.165) is 12.3 Å². The smallest absolute Gasteiger partial charge is 0.0279 e. The van der Waals surface area contributed by atoms with Crippen LogP contribution in [0, 0.1) is 5.92 Å². The summed E-state index contributed by atoms with van der Waals surface area (Å²) in [6.07, 6.45) is 6.39. The molecule has 1 unspecified atom stereocenters. The maximum Gasteiger partial charge on any atom is 0.0279 e. The van der Waals surface area contributed by atoms with Gasteiger partial charge < -0.3 is 0 Å². The number of nitrogens with two attached hydrogens (primary N) is 1. The minimum Gasteiger partial charge on any atom is -0.271 e. The molecule has 1 saturated carbocycles. The van der Waals surface area contributed by atoms with Gasteiger partial charge in [-0.1, -0.05) is 55.3 Å². The van der Waals surface area contributed by atoms with E-state index < -0.39 is 0 Å². The molecule has 100 valence electrons. The van der Waals surface area contributed by atoms with Crippen molar-refractivity contribution < 1.29 is 0 Å². The molecule has 0 aromatic heterocycles. The van der Waals surface area contributed by atoms with Gasteiger partial charge in [0.05, 0.1) is 0 Å². The molecule has 2 heteroatoms. The highest BCUT2D eigenvalue weighted by Gasteiger charge is 2.24. The van der Waals surface area contributed by atoms with E-state index >= 15 is 0 Å². The molecule has 0 radical (unpaired) electrons. The quantitative estimate of drug-likeness (QED) is 0.648. The molecule has 2 aromatic rings. The van der Waals surface area contributed by atoms with Crippen LogP contribution in [0.15, 0.2) is 42.5 Å². The highest BCUT2D eigenvalue weighted by molar-refractivity contribution is 5.85. The van der Waals surface area contributed by atoms with Crippen LogP contribution in [0.25, 0.3) is 10.8 Å². The zero-order chi connectivity index (χ0) is 13.1. The summed E-state index contributed by atoms with van der Waals surface area (Å²) >= 11 is 0. The Morgan fingerprint density at radius 3 is 2.58 bits per heavy atom. The van der Waals surface area contributed by atoms with Gasteiger partial charge in [-0.15, -0.1) is 0 Å². The molecule has 19 heavy (non-hydrogen) atoms. The third-order valence-corrected chi connectivity index (χ3v) is 4.50. The summed E-state index contributed by atoms with van der Waals surface area (Å²) in [6.45, 7) is 0. The third-order valence-electron chi connectivity index (χ3n) is 4.50. The summed E-state index contributed by atoms with van der Waals surface area (Å²) in [5, 5.41) is 2.69. The van der Waals surface area contributed by atoms with E-state index in [4.69, 9.17) is 5.84 Å². The fraction of sp³-hybridized carbons (Fsp3) is 0.412. The molecule has 0 amide bonds. The van der Waals surface area contributed by atoms with Crippen molar-refractivity contribution >= 4 is 10.8 Å². The fourth-order valence-electron chi connectivity index (χ4n) is 3.43. The maximum absolute atomic E-state index is 5.79. The van der Waals surface area contributed by atoms with E-state index in [1.54, 1.807) is 0 Å². The summed E-state index contributed by atoms with van der Waals surface area (Å²) in [4.78, 5) is 0. The SMILES string of the molecule is NNC(Cc1cccc2ccccc12)C1CCCC1. The highest BCUT2D eigenvalue weighted by atomic mass is 15.2. The van der Waals surface area contributed by atoms with Crippen molar-refractivity contribution in [3.63, 3.8) is 0 Å². The molecule has 1 fully saturated rings. The van der Waals surface area contributed by atoms with Crippen LogP contribution in [0.5, 0.6) is 0 Å². The van der Waals surface area contributed by atoms with Crippen LogP contribution in [0.4, 0.5) is 0 Å². The number of hydrogen-bond acceptors (Lipinski definition) is 2. The van der Waals surface area contributed by atoms with Gasteiger partial charge in [0, 0.05) is 6.04 Å². The van der Waals surface area contributed by atoms with Crippen molar-refractivity contribution in [2.75, 3.05) is 0 Å². The van der Waals surface area contributed by atoms with Crippen molar-refractivity contribution in [1.29, 1.82) is 0 Å². The predicted octanol–water partition coefficient (Wildman–Crippen LogP) is 3.40. The highest BCUT2D eigenvalue weighted by Crippen LogP contribution is 2.30. The van der Waals surface area contributed by atoms with Crippen LogP contribution in [0.1, 0.15) is 31.2 Å².